The summed E-state index contributed by atoms with van der Waals surface area (Å²) in [7, 11) is 0. The molecule has 1 saturated heterocycles. The van der Waals surface area contributed by atoms with Crippen LogP contribution in [0.15, 0.2) is 24.4 Å². The number of β-amino-alcohol motifs (C(OH)–C–C–N with tert-alkyl or cyclic N) is 1. The average molecular weight is 297 g/mol. The van der Waals surface area contributed by atoms with Crippen LogP contribution in [0.4, 0.5) is 4.39 Å². The molecule has 2 heterocycles. The molecule has 1 aliphatic heterocycles. The largest absolute Gasteiger partial charge is 0.381 e. The van der Waals surface area contributed by atoms with Crippen molar-refractivity contribution in [1.29, 1.82) is 0 Å². The summed E-state index contributed by atoms with van der Waals surface area (Å²) in [5, 5.41) is 21.5. The Labute approximate surface area is 120 Å². The molecule has 0 saturated carbocycles. The molecule has 1 aliphatic rings. The highest BCUT2D eigenvalue weighted by Gasteiger charge is 2.39. The first-order chi connectivity index (χ1) is 9.51. The Balaban J connectivity index is 1.93. The fourth-order valence-corrected chi connectivity index (χ4v) is 2.59. The minimum atomic E-state index is -0.975. The van der Waals surface area contributed by atoms with Gasteiger partial charge in [-0.25, -0.2) is 9.07 Å². The van der Waals surface area contributed by atoms with Gasteiger partial charge in [-0.2, -0.15) is 0 Å². The van der Waals surface area contributed by atoms with Crippen LogP contribution in [-0.2, 0) is 5.60 Å². The first-order valence-corrected chi connectivity index (χ1v) is 6.68. The van der Waals surface area contributed by atoms with Crippen molar-refractivity contribution in [3.63, 3.8) is 0 Å². The van der Waals surface area contributed by atoms with Crippen LogP contribution in [-0.4, -0.2) is 33.2 Å². The zero-order chi connectivity index (χ0) is 14.3. The Hall–Kier alpha value is -1.50. The smallest absolute Gasteiger partial charge is 0.135 e. The number of benzene rings is 1. The first-order valence-electron chi connectivity index (χ1n) is 6.30. The van der Waals surface area contributed by atoms with E-state index in [-0.39, 0.29) is 5.82 Å². The molecule has 1 aromatic heterocycles. The van der Waals surface area contributed by atoms with Gasteiger partial charge in [0.05, 0.1) is 12.2 Å². The first kappa shape index (κ1) is 13.5. The zero-order valence-corrected chi connectivity index (χ0v) is 11.6. The number of hydrogen-bond donors (Lipinski definition) is 2. The van der Waals surface area contributed by atoms with E-state index in [1.54, 1.807) is 25.3 Å². The molecule has 0 spiro atoms. The lowest BCUT2D eigenvalue weighted by Crippen LogP contribution is -2.57. The fraction of sp³-hybridized carbons (Fsp3) is 0.385. The predicted octanol–water partition coefficient (Wildman–Crippen LogP) is 1.47. The third-order valence-corrected chi connectivity index (χ3v) is 3.97. The maximum atomic E-state index is 13.9. The van der Waals surface area contributed by atoms with E-state index in [4.69, 9.17) is 11.6 Å². The molecule has 0 amide bonds. The molecular formula is C13H14ClFN4O. The van der Waals surface area contributed by atoms with Crippen LogP contribution in [0.2, 0.25) is 5.02 Å². The van der Waals surface area contributed by atoms with Gasteiger partial charge in [0.15, 0.2) is 0 Å². The molecule has 106 valence electrons. The van der Waals surface area contributed by atoms with Gasteiger partial charge in [0.1, 0.15) is 17.1 Å². The van der Waals surface area contributed by atoms with Crippen LogP contribution in [0.3, 0.4) is 0 Å². The van der Waals surface area contributed by atoms with E-state index >= 15 is 0 Å². The molecule has 20 heavy (non-hydrogen) atoms. The monoisotopic (exact) mass is 296 g/mol. The molecule has 0 radical (unpaired) electrons. The normalized spacial score (nSPS) is 18.6. The highest BCUT2D eigenvalue weighted by molar-refractivity contribution is 6.31. The Kier molecular flexibility index (Phi) is 3.24. The lowest BCUT2D eigenvalue weighted by Gasteiger charge is -2.35. The molecule has 1 aromatic carbocycles. The molecule has 1 atom stereocenters. The van der Waals surface area contributed by atoms with Crippen molar-refractivity contribution in [3.05, 3.63) is 46.5 Å². The Morgan fingerprint density at radius 3 is 2.85 bits per heavy atom. The third kappa shape index (κ3) is 2.09. The van der Waals surface area contributed by atoms with Gasteiger partial charge in [-0.1, -0.05) is 22.9 Å². The lowest BCUT2D eigenvalue weighted by atomic mass is 9.94. The van der Waals surface area contributed by atoms with Crippen molar-refractivity contribution in [1.82, 2.24) is 20.3 Å². The van der Waals surface area contributed by atoms with Gasteiger partial charge in [-0.05, 0) is 19.1 Å². The van der Waals surface area contributed by atoms with Gasteiger partial charge in [0.25, 0.3) is 0 Å². The van der Waals surface area contributed by atoms with Gasteiger partial charge in [-0.15, -0.1) is 5.10 Å². The van der Waals surface area contributed by atoms with Gasteiger partial charge >= 0.3 is 0 Å². The van der Waals surface area contributed by atoms with Crippen molar-refractivity contribution in [2.45, 2.75) is 18.6 Å². The van der Waals surface area contributed by atoms with Crippen molar-refractivity contribution in [3.8, 4) is 0 Å². The number of hydrogen-bond acceptors (Lipinski definition) is 4. The zero-order valence-electron chi connectivity index (χ0n) is 10.8. The Morgan fingerprint density at radius 1 is 1.50 bits per heavy atom. The number of halogens is 2. The van der Waals surface area contributed by atoms with Gasteiger partial charge in [-0.3, -0.25) is 0 Å². The molecule has 7 heteroatoms. The maximum Gasteiger partial charge on any atom is 0.135 e. The molecule has 0 aliphatic carbocycles. The molecule has 1 unspecified atom stereocenters. The Bertz CT molecular complexity index is 621. The van der Waals surface area contributed by atoms with E-state index in [1.807, 2.05) is 0 Å². The topological polar surface area (TPSA) is 63.0 Å². The minimum absolute atomic E-state index is 0.346. The van der Waals surface area contributed by atoms with Crippen LogP contribution < -0.4 is 5.32 Å². The van der Waals surface area contributed by atoms with Crippen LogP contribution in [0, 0.1) is 5.82 Å². The number of aliphatic hydroxyl groups is 1. The van der Waals surface area contributed by atoms with E-state index in [0.717, 1.165) is 0 Å². The van der Waals surface area contributed by atoms with Crippen LogP contribution in [0.25, 0.3) is 0 Å². The summed E-state index contributed by atoms with van der Waals surface area (Å²) in [6.07, 6.45) is 1.63. The molecule has 3 rings (SSSR count). The fourth-order valence-electron chi connectivity index (χ4n) is 2.26. The second kappa shape index (κ2) is 4.80. The summed E-state index contributed by atoms with van der Waals surface area (Å²) in [4.78, 5) is 0. The summed E-state index contributed by atoms with van der Waals surface area (Å²) < 4.78 is 15.4. The molecule has 2 N–H and O–H groups in total. The van der Waals surface area contributed by atoms with Crippen LogP contribution in [0.5, 0.6) is 0 Å². The van der Waals surface area contributed by atoms with Crippen molar-refractivity contribution in [2.24, 2.45) is 0 Å². The standard InChI is InChI=1S/C13H14ClFN4O/c1-8(12-9(14)3-2-4-10(12)15)19-5-11(17-18-19)13(20)6-16-7-13/h2-5,8,16,20H,6-7H2,1H3. The maximum absolute atomic E-state index is 13.9. The van der Waals surface area contributed by atoms with Gasteiger partial charge in [0.2, 0.25) is 0 Å². The predicted molar refractivity (Wildman–Crippen MR) is 72.0 cm³/mol. The third-order valence-electron chi connectivity index (χ3n) is 3.64. The molecule has 2 aromatic rings. The number of nitrogens with zero attached hydrogens (tertiary/aromatic N) is 3. The highest BCUT2D eigenvalue weighted by Crippen LogP contribution is 2.29. The molecule has 1 fully saturated rings. The summed E-state index contributed by atoms with van der Waals surface area (Å²) >= 11 is 6.05. The average Bonchev–Trinajstić information content (AvgIpc) is 2.85. The summed E-state index contributed by atoms with van der Waals surface area (Å²) in [6, 6.07) is 4.15. The van der Waals surface area contributed by atoms with Crippen LogP contribution in [0.1, 0.15) is 24.2 Å². The lowest BCUT2D eigenvalue weighted by molar-refractivity contribution is -0.0186. The van der Waals surface area contributed by atoms with Crippen molar-refractivity contribution < 1.29 is 9.50 Å². The summed E-state index contributed by atoms with van der Waals surface area (Å²) in [5.41, 5.74) is -0.128. The van der Waals surface area contributed by atoms with E-state index in [0.29, 0.717) is 29.4 Å². The second-order valence-electron chi connectivity index (χ2n) is 5.03. The summed E-state index contributed by atoms with van der Waals surface area (Å²) in [5.74, 6) is -0.383. The van der Waals surface area contributed by atoms with Crippen molar-refractivity contribution in [2.75, 3.05) is 13.1 Å². The number of aromatic nitrogens is 3. The molecule has 5 nitrogen and oxygen atoms in total. The highest BCUT2D eigenvalue weighted by atomic mass is 35.5. The second-order valence-corrected chi connectivity index (χ2v) is 5.44. The van der Waals surface area contributed by atoms with Crippen molar-refractivity contribution >= 4 is 11.6 Å². The molecular weight excluding hydrogens is 283 g/mol. The minimum Gasteiger partial charge on any atom is -0.381 e. The van der Waals surface area contributed by atoms with Crippen LogP contribution >= 0.6 is 11.6 Å². The number of nitrogens with one attached hydrogen (secondary N) is 1. The van der Waals surface area contributed by atoms with Gasteiger partial charge < -0.3 is 10.4 Å². The Morgan fingerprint density at radius 2 is 2.25 bits per heavy atom. The van der Waals surface area contributed by atoms with E-state index < -0.39 is 11.6 Å². The molecule has 0 bridgehead atoms. The van der Waals surface area contributed by atoms with E-state index in [2.05, 4.69) is 15.6 Å². The SMILES string of the molecule is CC(c1c(F)cccc1Cl)n1cc(C2(O)CNC2)nn1. The summed E-state index contributed by atoms with van der Waals surface area (Å²) in [6.45, 7) is 2.67. The van der Waals surface area contributed by atoms with E-state index in [9.17, 15) is 9.50 Å². The quantitative estimate of drug-likeness (QED) is 0.900. The van der Waals surface area contributed by atoms with Gasteiger partial charge in [0, 0.05) is 23.7 Å². The number of rotatable bonds is 3. The van der Waals surface area contributed by atoms with E-state index in [1.165, 1.54) is 10.7 Å².